The summed E-state index contributed by atoms with van der Waals surface area (Å²) in [6.07, 6.45) is 0.400. The largest absolute Gasteiger partial charge is 0.401 e. The van der Waals surface area contributed by atoms with Crippen molar-refractivity contribution in [3.05, 3.63) is 16.6 Å². The first-order valence-electron chi connectivity index (χ1n) is 6.94. The van der Waals surface area contributed by atoms with Crippen molar-refractivity contribution in [1.82, 2.24) is 15.2 Å². The van der Waals surface area contributed by atoms with Gasteiger partial charge in [0, 0.05) is 31.1 Å². The van der Waals surface area contributed by atoms with Crippen molar-refractivity contribution in [2.45, 2.75) is 37.9 Å². The molecule has 0 aliphatic carbocycles. The molecule has 2 heterocycles. The molecule has 1 N–H and O–H groups in total. The molecule has 0 saturated carbocycles. The van der Waals surface area contributed by atoms with Crippen LogP contribution in [-0.4, -0.2) is 41.6 Å². The maximum absolute atomic E-state index is 12.2. The van der Waals surface area contributed by atoms with Crippen LogP contribution in [0.4, 0.5) is 13.2 Å². The number of amides is 1. The van der Waals surface area contributed by atoms with E-state index in [0.29, 0.717) is 6.54 Å². The summed E-state index contributed by atoms with van der Waals surface area (Å²) in [5.74, 6) is -0.107. The van der Waals surface area contributed by atoms with Gasteiger partial charge in [-0.3, -0.25) is 4.79 Å². The van der Waals surface area contributed by atoms with E-state index in [1.807, 2.05) is 5.38 Å². The summed E-state index contributed by atoms with van der Waals surface area (Å²) in [6.45, 7) is -0.363. The van der Waals surface area contributed by atoms with Crippen LogP contribution in [-0.2, 0) is 4.79 Å². The molecule has 0 bridgehead atoms. The van der Waals surface area contributed by atoms with Gasteiger partial charge in [0.2, 0.25) is 5.91 Å². The van der Waals surface area contributed by atoms with Gasteiger partial charge in [-0.1, -0.05) is 0 Å². The molecule has 4 nitrogen and oxygen atoms in total. The van der Waals surface area contributed by atoms with Gasteiger partial charge in [-0.15, -0.1) is 11.3 Å². The Morgan fingerprint density at radius 1 is 1.48 bits per heavy atom. The summed E-state index contributed by atoms with van der Waals surface area (Å²) < 4.78 is 36.1. The van der Waals surface area contributed by atoms with Crippen molar-refractivity contribution in [2.24, 2.45) is 0 Å². The third-order valence-corrected chi connectivity index (χ3v) is 4.28. The van der Waals surface area contributed by atoms with E-state index in [4.69, 9.17) is 0 Å². The zero-order chi connectivity index (χ0) is 15.3. The summed E-state index contributed by atoms with van der Waals surface area (Å²) >= 11 is 1.51. The second-order valence-corrected chi connectivity index (χ2v) is 5.94. The van der Waals surface area contributed by atoms with Gasteiger partial charge in [-0.25, -0.2) is 4.98 Å². The van der Waals surface area contributed by atoms with E-state index in [1.54, 1.807) is 11.1 Å². The third kappa shape index (κ3) is 4.96. The maximum Gasteiger partial charge on any atom is 0.401 e. The topological polar surface area (TPSA) is 45.2 Å². The lowest BCUT2D eigenvalue weighted by molar-refractivity contribution is -0.136. The fraction of sp³-hybridized carbons (Fsp3) is 0.692. The molecule has 8 heteroatoms. The molecule has 1 aromatic heterocycles. The van der Waals surface area contributed by atoms with E-state index in [-0.39, 0.29) is 24.9 Å². The predicted molar refractivity (Wildman–Crippen MR) is 74.0 cm³/mol. The van der Waals surface area contributed by atoms with Crippen LogP contribution in [0.1, 0.15) is 36.7 Å². The number of nitrogens with one attached hydrogen (secondary N) is 1. The highest BCUT2D eigenvalue weighted by molar-refractivity contribution is 7.09. The van der Waals surface area contributed by atoms with Crippen molar-refractivity contribution in [3.63, 3.8) is 0 Å². The zero-order valence-corrected chi connectivity index (χ0v) is 12.3. The number of alkyl halides is 3. The van der Waals surface area contributed by atoms with Crippen molar-refractivity contribution < 1.29 is 18.0 Å². The van der Waals surface area contributed by atoms with Gasteiger partial charge < -0.3 is 10.2 Å². The number of carbonyl (C=O) groups is 1. The SMILES string of the molecule is O=C(CCNCC(F)(F)F)N1CCCC[C@H]1c1nccs1. The average molecular weight is 321 g/mol. The molecule has 0 unspecified atom stereocenters. The fourth-order valence-electron chi connectivity index (χ4n) is 2.45. The molecule has 2 rings (SSSR count). The smallest absolute Gasteiger partial charge is 0.333 e. The lowest BCUT2D eigenvalue weighted by Crippen LogP contribution is -2.40. The minimum atomic E-state index is -4.24. The first kappa shape index (κ1) is 16.2. The molecule has 1 aliphatic heterocycles. The number of aromatic nitrogens is 1. The van der Waals surface area contributed by atoms with Crippen LogP contribution in [0.5, 0.6) is 0 Å². The number of hydrogen-bond acceptors (Lipinski definition) is 4. The Morgan fingerprint density at radius 2 is 2.29 bits per heavy atom. The highest BCUT2D eigenvalue weighted by Gasteiger charge is 2.30. The summed E-state index contributed by atoms with van der Waals surface area (Å²) in [4.78, 5) is 18.2. The van der Waals surface area contributed by atoms with Gasteiger partial charge >= 0.3 is 6.18 Å². The number of likely N-dealkylation sites (tertiary alicyclic amines) is 1. The van der Waals surface area contributed by atoms with E-state index in [9.17, 15) is 18.0 Å². The van der Waals surface area contributed by atoms with Crippen LogP contribution < -0.4 is 5.32 Å². The molecule has 1 aliphatic rings. The number of piperidine rings is 1. The predicted octanol–water partition coefficient (Wildman–Crippen LogP) is 2.74. The molecule has 1 aromatic rings. The summed E-state index contributed by atoms with van der Waals surface area (Å²) in [7, 11) is 0. The molecule has 21 heavy (non-hydrogen) atoms. The number of carbonyl (C=O) groups excluding carboxylic acids is 1. The van der Waals surface area contributed by atoms with Crippen LogP contribution in [0.25, 0.3) is 0 Å². The average Bonchev–Trinajstić information content (AvgIpc) is 2.96. The lowest BCUT2D eigenvalue weighted by Gasteiger charge is -2.34. The molecule has 1 amide bonds. The van der Waals surface area contributed by atoms with E-state index < -0.39 is 12.7 Å². The van der Waals surface area contributed by atoms with Crippen molar-refractivity contribution >= 4 is 17.2 Å². The molecule has 118 valence electrons. The summed E-state index contributed by atoms with van der Waals surface area (Å²) in [5, 5.41) is 5.04. The van der Waals surface area contributed by atoms with Crippen molar-refractivity contribution in [3.8, 4) is 0 Å². The van der Waals surface area contributed by atoms with Crippen molar-refractivity contribution in [1.29, 1.82) is 0 Å². The summed E-state index contributed by atoms with van der Waals surface area (Å²) in [6, 6.07) is -0.0196. The van der Waals surface area contributed by atoms with Crippen LogP contribution in [0, 0.1) is 0 Å². The quantitative estimate of drug-likeness (QED) is 0.848. The van der Waals surface area contributed by atoms with Gasteiger partial charge in [0.1, 0.15) is 5.01 Å². The van der Waals surface area contributed by atoms with E-state index in [2.05, 4.69) is 10.3 Å². The van der Waals surface area contributed by atoms with Crippen LogP contribution >= 0.6 is 11.3 Å². The third-order valence-electron chi connectivity index (χ3n) is 3.40. The second kappa shape index (κ2) is 7.22. The van der Waals surface area contributed by atoms with Gasteiger partial charge in [0.25, 0.3) is 0 Å². The van der Waals surface area contributed by atoms with Gasteiger partial charge in [0.05, 0.1) is 12.6 Å². The Morgan fingerprint density at radius 3 is 2.95 bits per heavy atom. The molecule has 1 saturated heterocycles. The zero-order valence-electron chi connectivity index (χ0n) is 11.5. The molecule has 1 fully saturated rings. The van der Waals surface area contributed by atoms with Crippen LogP contribution in [0.2, 0.25) is 0 Å². The molecule has 1 atom stereocenters. The Bertz CT molecular complexity index is 450. The number of thiazole rings is 1. The highest BCUT2D eigenvalue weighted by atomic mass is 32.1. The van der Waals surface area contributed by atoms with Gasteiger partial charge in [-0.05, 0) is 19.3 Å². The monoisotopic (exact) mass is 321 g/mol. The van der Waals surface area contributed by atoms with E-state index in [0.717, 1.165) is 24.3 Å². The number of nitrogens with zero attached hydrogens (tertiary/aromatic N) is 2. The minimum Gasteiger partial charge on any atom is -0.333 e. The van der Waals surface area contributed by atoms with E-state index in [1.165, 1.54) is 11.3 Å². The first-order chi connectivity index (χ1) is 9.97. The molecule has 0 spiro atoms. The van der Waals surface area contributed by atoms with E-state index >= 15 is 0 Å². The standard InChI is InChI=1S/C13H18F3N3OS/c14-13(15,16)9-17-5-4-11(20)19-7-2-1-3-10(19)12-18-6-8-21-12/h6,8,10,17H,1-5,7,9H2/t10-/m0/s1. The molecular formula is C13H18F3N3OS. The molecule has 0 aromatic carbocycles. The Kier molecular flexibility index (Phi) is 5.58. The Balaban J connectivity index is 1.85. The Hall–Kier alpha value is -1.15. The highest BCUT2D eigenvalue weighted by Crippen LogP contribution is 2.32. The van der Waals surface area contributed by atoms with Gasteiger partial charge in [-0.2, -0.15) is 13.2 Å². The maximum atomic E-state index is 12.2. The normalized spacial score (nSPS) is 19.8. The second-order valence-electron chi connectivity index (χ2n) is 5.01. The van der Waals surface area contributed by atoms with Crippen LogP contribution in [0.3, 0.4) is 0 Å². The molecular weight excluding hydrogens is 303 g/mol. The number of rotatable bonds is 5. The molecule has 0 radical (unpaired) electrons. The lowest BCUT2D eigenvalue weighted by atomic mass is 10.0. The van der Waals surface area contributed by atoms with Crippen molar-refractivity contribution in [2.75, 3.05) is 19.6 Å². The number of halogens is 3. The minimum absolute atomic E-state index is 0.0196. The summed E-state index contributed by atoms with van der Waals surface area (Å²) in [5.41, 5.74) is 0. The first-order valence-corrected chi connectivity index (χ1v) is 7.81. The van der Waals surface area contributed by atoms with Gasteiger partial charge in [0.15, 0.2) is 0 Å². The van der Waals surface area contributed by atoms with Crippen LogP contribution in [0.15, 0.2) is 11.6 Å². The fourth-order valence-corrected chi connectivity index (χ4v) is 3.24. The Labute approximate surface area is 125 Å². The number of hydrogen-bond donors (Lipinski definition) is 1.